The van der Waals surface area contributed by atoms with E-state index < -0.39 is 97.5 Å². The van der Waals surface area contributed by atoms with Gasteiger partial charge in [-0.25, -0.2) is 9.13 Å². The zero-order chi connectivity index (χ0) is 71.8. The lowest BCUT2D eigenvalue weighted by atomic mass is 10.0. The first-order valence-corrected chi connectivity index (χ1v) is 44.3. The van der Waals surface area contributed by atoms with Crippen molar-refractivity contribution in [3.63, 3.8) is 0 Å². The maximum absolute atomic E-state index is 13.1. The summed E-state index contributed by atoms with van der Waals surface area (Å²) in [6.45, 7) is 5.03. The summed E-state index contributed by atoms with van der Waals surface area (Å²) in [7, 11) is -9.91. The third kappa shape index (κ3) is 72.4. The fraction of sp³-hybridized carbons (Fsp3) is 0.949. The van der Waals surface area contributed by atoms with E-state index in [0.29, 0.717) is 25.7 Å². The highest BCUT2D eigenvalue weighted by atomic mass is 31.2. The van der Waals surface area contributed by atoms with Gasteiger partial charge in [0.1, 0.15) is 19.3 Å². The largest absolute Gasteiger partial charge is 0.472 e. The molecule has 0 aromatic rings. The molecule has 0 heterocycles. The molecule has 582 valence electrons. The van der Waals surface area contributed by atoms with Gasteiger partial charge in [0, 0.05) is 25.7 Å². The van der Waals surface area contributed by atoms with Crippen molar-refractivity contribution in [2.24, 2.45) is 0 Å². The predicted octanol–water partition coefficient (Wildman–Crippen LogP) is 23.8. The van der Waals surface area contributed by atoms with Crippen LogP contribution in [0.3, 0.4) is 0 Å². The van der Waals surface area contributed by atoms with E-state index in [2.05, 4.69) is 27.7 Å². The topological polar surface area (TPSA) is 237 Å². The normalized spacial score (nSPS) is 13.8. The molecule has 0 radical (unpaired) electrons. The average Bonchev–Trinajstić information content (AvgIpc) is 1.04. The van der Waals surface area contributed by atoms with Crippen molar-refractivity contribution < 1.29 is 80.2 Å². The Balaban J connectivity index is 5.26. The van der Waals surface area contributed by atoms with Gasteiger partial charge in [0.2, 0.25) is 0 Å². The van der Waals surface area contributed by atoms with Crippen LogP contribution in [0.4, 0.5) is 0 Å². The number of carbonyl (C=O) groups excluding carboxylic acids is 4. The van der Waals surface area contributed by atoms with Crippen molar-refractivity contribution >= 4 is 39.5 Å². The highest BCUT2D eigenvalue weighted by Gasteiger charge is 2.30. The minimum atomic E-state index is -4.96. The van der Waals surface area contributed by atoms with Crippen molar-refractivity contribution in [2.45, 2.75) is 444 Å². The van der Waals surface area contributed by atoms with Crippen LogP contribution >= 0.6 is 15.6 Å². The first kappa shape index (κ1) is 96.1. The Hall–Kier alpha value is -1.94. The van der Waals surface area contributed by atoms with Crippen molar-refractivity contribution in [1.29, 1.82) is 0 Å². The summed E-state index contributed by atoms with van der Waals surface area (Å²) in [6.07, 6.45) is 65.0. The number of hydrogen-bond acceptors (Lipinski definition) is 15. The Morgan fingerprint density at radius 1 is 0.245 bits per heavy atom. The number of carbonyl (C=O) groups is 4. The van der Waals surface area contributed by atoms with Crippen LogP contribution in [0.2, 0.25) is 0 Å². The maximum Gasteiger partial charge on any atom is 0.472 e. The Labute approximate surface area is 600 Å². The molecule has 0 rings (SSSR count). The summed E-state index contributed by atoms with van der Waals surface area (Å²) in [6, 6.07) is 0. The maximum atomic E-state index is 13.1. The number of unbranched alkanes of at least 4 members (excludes halogenated alkanes) is 54. The van der Waals surface area contributed by atoms with Gasteiger partial charge in [-0.3, -0.25) is 37.3 Å². The quantitative estimate of drug-likeness (QED) is 0.0222. The van der Waals surface area contributed by atoms with Crippen LogP contribution in [-0.4, -0.2) is 96.7 Å². The van der Waals surface area contributed by atoms with Crippen LogP contribution in [0.1, 0.15) is 426 Å². The van der Waals surface area contributed by atoms with Gasteiger partial charge in [-0.15, -0.1) is 0 Å². The number of hydrogen-bond donors (Lipinski definition) is 3. The molecule has 0 aliphatic rings. The summed E-state index contributed by atoms with van der Waals surface area (Å²) in [5.41, 5.74) is 0. The van der Waals surface area contributed by atoms with E-state index in [9.17, 15) is 43.2 Å². The van der Waals surface area contributed by atoms with Crippen molar-refractivity contribution in [3.05, 3.63) is 0 Å². The fourth-order valence-electron chi connectivity index (χ4n) is 12.3. The second-order valence-electron chi connectivity index (χ2n) is 28.5. The molecule has 3 N–H and O–H groups in total. The number of aliphatic hydroxyl groups is 1. The Morgan fingerprint density at radius 2 is 0.408 bits per heavy atom. The molecule has 0 aliphatic carbocycles. The molecule has 98 heavy (non-hydrogen) atoms. The molecule has 0 amide bonds. The molecule has 0 saturated heterocycles. The first-order valence-electron chi connectivity index (χ1n) is 41.3. The molecule has 17 nitrogen and oxygen atoms in total. The molecule has 0 saturated carbocycles. The van der Waals surface area contributed by atoms with E-state index >= 15 is 0 Å². The molecular weight excluding hydrogens is 1280 g/mol. The zero-order valence-corrected chi connectivity index (χ0v) is 65.6. The molecule has 5 atom stereocenters. The Morgan fingerprint density at radius 3 is 0.602 bits per heavy atom. The van der Waals surface area contributed by atoms with Crippen molar-refractivity contribution in [1.82, 2.24) is 0 Å². The van der Waals surface area contributed by atoms with Crippen LogP contribution < -0.4 is 0 Å². The number of esters is 4. The molecule has 0 fully saturated rings. The van der Waals surface area contributed by atoms with Crippen LogP contribution in [-0.2, 0) is 65.4 Å². The Bertz CT molecular complexity index is 1860. The lowest BCUT2D eigenvalue weighted by Gasteiger charge is -2.21. The van der Waals surface area contributed by atoms with Gasteiger partial charge in [0.15, 0.2) is 12.2 Å². The van der Waals surface area contributed by atoms with Crippen molar-refractivity contribution in [2.75, 3.05) is 39.6 Å². The van der Waals surface area contributed by atoms with Gasteiger partial charge in [-0.2, -0.15) is 0 Å². The molecule has 2 unspecified atom stereocenters. The van der Waals surface area contributed by atoms with E-state index in [0.717, 1.165) is 89.9 Å². The second kappa shape index (κ2) is 73.4. The number of phosphoric ester groups is 2. The average molecular weight is 1440 g/mol. The van der Waals surface area contributed by atoms with Crippen molar-refractivity contribution in [3.8, 4) is 0 Å². The first-order chi connectivity index (χ1) is 47.7. The van der Waals surface area contributed by atoms with Gasteiger partial charge in [-0.05, 0) is 25.7 Å². The van der Waals surface area contributed by atoms with E-state index in [1.807, 2.05) is 0 Å². The number of phosphoric acid groups is 2. The molecule has 0 aromatic carbocycles. The predicted molar refractivity (Wildman–Crippen MR) is 400 cm³/mol. The summed E-state index contributed by atoms with van der Waals surface area (Å²) in [4.78, 5) is 73.0. The molecule has 0 aromatic heterocycles. The van der Waals surface area contributed by atoms with Crippen LogP contribution in [0.15, 0.2) is 0 Å². The summed E-state index contributed by atoms with van der Waals surface area (Å²) < 4.78 is 68.7. The van der Waals surface area contributed by atoms with E-state index in [-0.39, 0.29) is 25.7 Å². The van der Waals surface area contributed by atoms with Gasteiger partial charge in [0.05, 0.1) is 26.4 Å². The highest BCUT2D eigenvalue weighted by molar-refractivity contribution is 7.47. The lowest BCUT2D eigenvalue weighted by Crippen LogP contribution is -2.30. The van der Waals surface area contributed by atoms with Gasteiger partial charge >= 0.3 is 39.5 Å². The van der Waals surface area contributed by atoms with Crippen LogP contribution in [0, 0.1) is 0 Å². The number of ether oxygens (including phenoxy) is 4. The van der Waals surface area contributed by atoms with Gasteiger partial charge < -0.3 is 33.8 Å². The van der Waals surface area contributed by atoms with Gasteiger partial charge in [0.25, 0.3) is 0 Å². The zero-order valence-electron chi connectivity index (χ0n) is 63.8. The van der Waals surface area contributed by atoms with E-state index in [1.54, 1.807) is 0 Å². The minimum absolute atomic E-state index is 0.109. The molecule has 19 heteroatoms. The third-order valence-corrected chi connectivity index (χ3v) is 20.5. The van der Waals surface area contributed by atoms with E-state index in [1.165, 1.54) is 257 Å². The lowest BCUT2D eigenvalue weighted by molar-refractivity contribution is -0.161. The summed E-state index contributed by atoms with van der Waals surface area (Å²) in [5.74, 6) is -2.10. The number of rotatable bonds is 80. The van der Waals surface area contributed by atoms with E-state index in [4.69, 9.17) is 37.0 Å². The monoisotopic (exact) mass is 1440 g/mol. The SMILES string of the molecule is CCCCCCCCCCCCCCCCCCC(=O)OC[C@H](COP(=O)(O)OC[C@@H](O)COP(=O)(O)OC[C@@H](COC(=O)CCCCCCCCCCCCCCC)OC(=O)CCCCCCCCCCCCCCC)OC(=O)CCCCCCCCCCCCCCCCCC. The summed E-state index contributed by atoms with van der Waals surface area (Å²) >= 11 is 0. The molecule has 0 spiro atoms. The highest BCUT2D eigenvalue weighted by Crippen LogP contribution is 2.45. The molecule has 0 aliphatic heterocycles. The minimum Gasteiger partial charge on any atom is -0.462 e. The molecule has 0 bridgehead atoms. The smallest absolute Gasteiger partial charge is 0.462 e. The fourth-order valence-corrected chi connectivity index (χ4v) is 13.9. The second-order valence-corrected chi connectivity index (χ2v) is 31.4. The Kier molecular flexibility index (Phi) is 71.9. The standard InChI is InChI=1S/C79H154O17P2/c1-5-9-13-17-21-25-29-33-35-37-41-44-48-52-56-60-64-77(82)90-70-75(96-79(84)66-62-58-54-50-46-42-38-36-34-30-26-22-18-14-10-6-2)72-94-98(87,88)92-68-73(80)67-91-97(85,86)93-71-74(95-78(83)65-61-57-53-49-45-40-32-28-24-20-16-12-8-4)69-89-76(81)63-59-55-51-47-43-39-31-27-23-19-15-11-7-3/h73-75,80H,5-72H2,1-4H3,(H,85,86)(H,87,88)/t73-,74+,75+/m0/s1. The third-order valence-electron chi connectivity index (χ3n) is 18.6. The summed E-state index contributed by atoms with van der Waals surface area (Å²) in [5, 5.41) is 10.6. The molecular formula is C79H154O17P2. The number of aliphatic hydroxyl groups excluding tert-OH is 1. The van der Waals surface area contributed by atoms with Crippen LogP contribution in [0.5, 0.6) is 0 Å². The van der Waals surface area contributed by atoms with Crippen LogP contribution in [0.25, 0.3) is 0 Å². The van der Waals surface area contributed by atoms with Gasteiger partial charge in [-0.1, -0.05) is 374 Å².